The van der Waals surface area contributed by atoms with Crippen molar-refractivity contribution in [3.8, 4) is 22.5 Å². The largest absolute Gasteiger partial charge is 0.377 e. The predicted molar refractivity (Wildman–Crippen MR) is 215 cm³/mol. The van der Waals surface area contributed by atoms with E-state index in [0.29, 0.717) is 78.1 Å². The topological polar surface area (TPSA) is 149 Å². The summed E-state index contributed by atoms with van der Waals surface area (Å²) in [6.07, 6.45) is 7.29. The Kier molecular flexibility index (Phi) is 19.3. The van der Waals surface area contributed by atoms with Crippen LogP contribution in [-0.2, 0) is 41.7 Å². The van der Waals surface area contributed by atoms with Gasteiger partial charge in [-0.15, -0.1) is 5.10 Å². The molecule has 1 aliphatic heterocycles. The minimum Gasteiger partial charge on any atom is -0.377 e. The van der Waals surface area contributed by atoms with Crippen LogP contribution in [0.2, 0.25) is 0 Å². The third-order valence-electron chi connectivity index (χ3n) is 9.36. The lowest BCUT2D eigenvalue weighted by Gasteiger charge is -2.28. The number of benzene rings is 2. The van der Waals surface area contributed by atoms with Crippen molar-refractivity contribution in [1.82, 2.24) is 30.9 Å². The maximum Gasteiger partial charge on any atom is 0.234 e. The number of nitrogens with one attached hydrogen (secondary N) is 3. The molecule has 13 nitrogen and oxygen atoms in total. The highest BCUT2D eigenvalue weighted by Crippen LogP contribution is 2.41. The number of nitrogens with zero attached hydrogens (tertiary/aromatic N) is 4. The normalized spacial score (nSPS) is 12.2. The fourth-order valence-electron chi connectivity index (χ4n) is 6.39. The van der Waals surface area contributed by atoms with E-state index in [1.807, 2.05) is 67.1 Å². The number of carbonyl (C=O) groups is 3. The second-order valence-electron chi connectivity index (χ2n) is 14.7. The van der Waals surface area contributed by atoms with Gasteiger partial charge >= 0.3 is 0 Å². The predicted octanol–water partition coefficient (Wildman–Crippen LogP) is 5.52. The first-order valence-corrected chi connectivity index (χ1v) is 20.2. The highest BCUT2D eigenvalue weighted by molar-refractivity contribution is 6.01. The maximum absolute atomic E-state index is 13.8. The summed E-state index contributed by atoms with van der Waals surface area (Å²) < 4.78 is 18.9. The van der Waals surface area contributed by atoms with E-state index in [1.165, 1.54) is 25.7 Å². The number of unbranched alkanes of at least 4 members (excludes halogenated alkanes) is 4. The standard InChI is InChI=1S/C42H63N7O6/c1-32(2)14-8-6-5-7-13-21-43-38(50)19-20-40(52)48-31-34-15-9-10-16-35(34)42-41(36-17-11-12-18-37(36)48)46-47-49(42)23-25-54-27-29-55-28-26-53-24-22-44-39(51)30-45-33(3)4/h9-12,15-18,32-33,45H,5-8,13-14,19-31H2,1-4H3,(H,43,50)(H,44,51). The summed E-state index contributed by atoms with van der Waals surface area (Å²) in [6.45, 7) is 13.3. The molecule has 4 rings (SSSR count). The highest BCUT2D eigenvalue weighted by atomic mass is 16.5. The molecule has 3 N–H and O–H groups in total. The lowest BCUT2D eigenvalue weighted by atomic mass is 9.95. The Bertz CT molecular complexity index is 1610. The molecule has 0 saturated heterocycles. The van der Waals surface area contributed by atoms with Gasteiger partial charge < -0.3 is 35.1 Å². The molecule has 0 saturated carbocycles. The van der Waals surface area contributed by atoms with Gasteiger partial charge in [0.15, 0.2) is 0 Å². The van der Waals surface area contributed by atoms with Gasteiger partial charge in [0.1, 0.15) is 5.69 Å². The molecule has 0 unspecified atom stereocenters. The second-order valence-corrected chi connectivity index (χ2v) is 14.7. The molecule has 2 heterocycles. The van der Waals surface area contributed by atoms with Gasteiger partial charge in [0.25, 0.3) is 0 Å². The minimum atomic E-state index is -0.112. The molecule has 0 radical (unpaired) electrons. The summed E-state index contributed by atoms with van der Waals surface area (Å²) in [5.74, 6) is 0.500. The number of amides is 3. The van der Waals surface area contributed by atoms with Crippen LogP contribution in [0.15, 0.2) is 48.5 Å². The van der Waals surface area contributed by atoms with Crippen LogP contribution in [-0.4, -0.2) is 98.0 Å². The molecule has 0 fully saturated rings. The Hall–Kier alpha value is -4.17. The van der Waals surface area contributed by atoms with E-state index in [1.54, 1.807) is 4.90 Å². The molecule has 55 heavy (non-hydrogen) atoms. The average molecular weight is 762 g/mol. The van der Waals surface area contributed by atoms with E-state index in [4.69, 9.17) is 14.2 Å². The van der Waals surface area contributed by atoms with Crippen molar-refractivity contribution in [2.24, 2.45) is 5.92 Å². The zero-order valence-corrected chi connectivity index (χ0v) is 33.4. The van der Waals surface area contributed by atoms with E-state index in [2.05, 4.69) is 40.1 Å². The van der Waals surface area contributed by atoms with Crippen molar-refractivity contribution in [1.29, 1.82) is 0 Å². The van der Waals surface area contributed by atoms with Crippen LogP contribution in [0, 0.1) is 5.92 Å². The van der Waals surface area contributed by atoms with Crippen molar-refractivity contribution in [3.05, 3.63) is 54.1 Å². The number of ether oxygens (including phenoxy) is 3. The van der Waals surface area contributed by atoms with Crippen LogP contribution >= 0.6 is 0 Å². The summed E-state index contributed by atoms with van der Waals surface area (Å²) in [7, 11) is 0. The number of rotatable bonds is 26. The van der Waals surface area contributed by atoms with Crippen molar-refractivity contribution < 1.29 is 28.6 Å². The van der Waals surface area contributed by atoms with Gasteiger partial charge in [-0.2, -0.15) is 0 Å². The summed E-state index contributed by atoms with van der Waals surface area (Å²) in [4.78, 5) is 40.0. The van der Waals surface area contributed by atoms with E-state index in [9.17, 15) is 14.4 Å². The Morgan fingerprint density at radius 3 is 2.15 bits per heavy atom. The van der Waals surface area contributed by atoms with E-state index in [0.717, 1.165) is 46.8 Å². The Morgan fingerprint density at radius 2 is 1.38 bits per heavy atom. The minimum absolute atomic E-state index is 0.0480. The number of fused-ring (bicyclic) bond motifs is 5. The van der Waals surface area contributed by atoms with Crippen LogP contribution in [0.4, 0.5) is 5.69 Å². The first-order valence-electron chi connectivity index (χ1n) is 20.2. The van der Waals surface area contributed by atoms with Gasteiger partial charge in [-0.3, -0.25) is 14.4 Å². The zero-order valence-electron chi connectivity index (χ0n) is 33.4. The summed E-state index contributed by atoms with van der Waals surface area (Å²) in [6, 6.07) is 16.0. The maximum atomic E-state index is 13.8. The lowest BCUT2D eigenvalue weighted by molar-refractivity contribution is -0.125. The Labute approximate surface area is 327 Å². The molecule has 1 aromatic heterocycles. The van der Waals surface area contributed by atoms with E-state index >= 15 is 0 Å². The zero-order chi connectivity index (χ0) is 39.3. The molecular formula is C42H63N7O6. The molecule has 1 aliphatic rings. The van der Waals surface area contributed by atoms with Gasteiger partial charge in [-0.1, -0.05) is 107 Å². The van der Waals surface area contributed by atoms with Crippen LogP contribution in [0.5, 0.6) is 0 Å². The van der Waals surface area contributed by atoms with Crippen LogP contribution in [0.3, 0.4) is 0 Å². The monoisotopic (exact) mass is 761 g/mol. The van der Waals surface area contributed by atoms with Crippen LogP contribution in [0.1, 0.15) is 84.6 Å². The summed E-state index contributed by atoms with van der Waals surface area (Å²) in [5, 5.41) is 18.1. The lowest BCUT2D eigenvalue weighted by Crippen LogP contribution is -2.38. The van der Waals surface area contributed by atoms with Gasteiger partial charge in [-0.05, 0) is 24.0 Å². The smallest absolute Gasteiger partial charge is 0.234 e. The third kappa shape index (κ3) is 15.1. The highest BCUT2D eigenvalue weighted by Gasteiger charge is 2.29. The third-order valence-corrected chi connectivity index (χ3v) is 9.36. The van der Waals surface area contributed by atoms with Crippen molar-refractivity contribution >= 4 is 23.4 Å². The number of para-hydroxylation sites is 1. The first-order chi connectivity index (χ1) is 26.7. The van der Waals surface area contributed by atoms with Gasteiger partial charge in [0, 0.05) is 43.1 Å². The number of hydrogen-bond donors (Lipinski definition) is 3. The van der Waals surface area contributed by atoms with Crippen LogP contribution < -0.4 is 20.9 Å². The second kappa shape index (κ2) is 24.4. The molecule has 0 bridgehead atoms. The van der Waals surface area contributed by atoms with Crippen molar-refractivity contribution in [2.45, 2.75) is 98.2 Å². The molecule has 0 aliphatic carbocycles. The molecule has 2 aromatic carbocycles. The van der Waals surface area contributed by atoms with Gasteiger partial charge in [0.05, 0.1) is 70.7 Å². The number of aromatic nitrogens is 3. The molecular weight excluding hydrogens is 699 g/mol. The molecule has 3 aromatic rings. The SMILES string of the molecule is CC(C)CCCCCCCNC(=O)CCC(=O)N1Cc2ccccc2-c2c(nnn2CCOCCOCCOCCNC(=O)CNC(C)C)-c2ccccc21. The van der Waals surface area contributed by atoms with Gasteiger partial charge in [-0.25, -0.2) is 4.68 Å². The number of hydrogen-bond acceptors (Lipinski definition) is 9. The fraction of sp³-hybridized carbons (Fsp3) is 0.595. The van der Waals surface area contributed by atoms with E-state index in [-0.39, 0.29) is 36.6 Å². The van der Waals surface area contributed by atoms with Crippen molar-refractivity contribution in [3.63, 3.8) is 0 Å². The first kappa shape index (κ1) is 43.6. The number of carbonyl (C=O) groups excluding carboxylic acids is 3. The summed E-state index contributed by atoms with van der Waals surface area (Å²) in [5.41, 5.74) is 5.04. The number of anilines is 1. The fourth-order valence-corrected chi connectivity index (χ4v) is 6.39. The summed E-state index contributed by atoms with van der Waals surface area (Å²) >= 11 is 0. The average Bonchev–Trinajstić information content (AvgIpc) is 3.58. The molecule has 0 atom stereocenters. The van der Waals surface area contributed by atoms with E-state index < -0.39 is 0 Å². The quantitative estimate of drug-likeness (QED) is 0.0901. The van der Waals surface area contributed by atoms with Crippen molar-refractivity contribution in [2.75, 3.05) is 64.2 Å². The molecule has 3 amide bonds. The Morgan fingerprint density at radius 1 is 0.727 bits per heavy atom. The van der Waals surface area contributed by atoms with Gasteiger partial charge in [0.2, 0.25) is 17.7 Å². The molecule has 0 spiro atoms. The Balaban J connectivity index is 1.24. The molecule has 302 valence electrons. The van der Waals surface area contributed by atoms with Crippen LogP contribution in [0.25, 0.3) is 22.5 Å². The molecule has 13 heteroatoms.